The van der Waals surface area contributed by atoms with Gasteiger partial charge >= 0.3 is 0 Å². The molecule has 3 aromatic rings. The van der Waals surface area contributed by atoms with Crippen LogP contribution in [-0.2, 0) is 16.4 Å². The lowest BCUT2D eigenvalue weighted by atomic mass is 10.1. The van der Waals surface area contributed by atoms with Crippen LogP contribution in [0.2, 0.25) is 0 Å². The van der Waals surface area contributed by atoms with Gasteiger partial charge in [-0.2, -0.15) is 0 Å². The molecule has 1 N–H and O–H groups in total. The number of hydrogen-bond acceptors (Lipinski definition) is 5. The summed E-state index contributed by atoms with van der Waals surface area (Å²) in [7, 11) is -3.59. The topological polar surface area (TPSA) is 85.1 Å². The number of hydrogen-bond donors (Lipinski definition) is 1. The van der Waals surface area contributed by atoms with Gasteiger partial charge in [-0.05, 0) is 32.4 Å². The lowest BCUT2D eigenvalue weighted by molar-refractivity contribution is 0.392. The first-order valence-electron chi connectivity index (χ1n) is 7.23. The number of sulfonamides is 1. The molecule has 0 spiro atoms. The molecule has 2 aromatic heterocycles. The SMILES string of the molecule is Cc1noc(C)c1CCNS(=O)(=O)c1cccc2cnccc12. The van der Waals surface area contributed by atoms with Crippen LogP contribution in [0, 0.1) is 13.8 Å². The number of nitrogens with zero attached hydrogens (tertiary/aromatic N) is 2. The molecule has 1 aromatic carbocycles. The quantitative estimate of drug-likeness (QED) is 0.776. The van der Waals surface area contributed by atoms with E-state index in [9.17, 15) is 8.42 Å². The zero-order valence-electron chi connectivity index (χ0n) is 12.9. The van der Waals surface area contributed by atoms with Crippen LogP contribution in [0.3, 0.4) is 0 Å². The molecule has 0 aliphatic rings. The van der Waals surface area contributed by atoms with Gasteiger partial charge in [-0.25, -0.2) is 13.1 Å². The molecular weight excluding hydrogens is 314 g/mol. The summed E-state index contributed by atoms with van der Waals surface area (Å²) in [5.41, 5.74) is 1.73. The highest BCUT2D eigenvalue weighted by atomic mass is 32.2. The minimum Gasteiger partial charge on any atom is -0.361 e. The molecule has 7 heteroatoms. The third-order valence-electron chi connectivity index (χ3n) is 3.78. The van der Waals surface area contributed by atoms with Gasteiger partial charge in [0.05, 0.1) is 10.6 Å². The van der Waals surface area contributed by atoms with E-state index in [-0.39, 0.29) is 11.4 Å². The van der Waals surface area contributed by atoms with Crippen LogP contribution in [0.25, 0.3) is 10.8 Å². The lowest BCUT2D eigenvalue weighted by Gasteiger charge is -2.09. The fraction of sp³-hybridized carbons (Fsp3) is 0.250. The maximum atomic E-state index is 12.6. The Morgan fingerprint density at radius 3 is 2.78 bits per heavy atom. The molecule has 0 saturated heterocycles. The zero-order valence-corrected chi connectivity index (χ0v) is 13.7. The van der Waals surface area contributed by atoms with Crippen LogP contribution in [0.4, 0.5) is 0 Å². The van der Waals surface area contributed by atoms with Crippen molar-refractivity contribution in [3.8, 4) is 0 Å². The Morgan fingerprint density at radius 2 is 2.04 bits per heavy atom. The molecule has 0 unspecified atom stereocenters. The van der Waals surface area contributed by atoms with Gasteiger partial charge in [0.15, 0.2) is 0 Å². The lowest BCUT2D eigenvalue weighted by Crippen LogP contribution is -2.26. The van der Waals surface area contributed by atoms with Crippen LogP contribution in [0.15, 0.2) is 46.1 Å². The Kier molecular flexibility index (Phi) is 4.14. The van der Waals surface area contributed by atoms with E-state index < -0.39 is 10.0 Å². The maximum absolute atomic E-state index is 12.6. The summed E-state index contributed by atoms with van der Waals surface area (Å²) in [6.07, 6.45) is 3.77. The van der Waals surface area contributed by atoms with E-state index in [1.807, 2.05) is 19.9 Å². The monoisotopic (exact) mass is 331 g/mol. The number of aryl methyl sites for hydroxylation is 2. The molecule has 23 heavy (non-hydrogen) atoms. The largest absolute Gasteiger partial charge is 0.361 e. The average Bonchev–Trinajstić information content (AvgIpc) is 2.86. The van der Waals surface area contributed by atoms with Crippen molar-refractivity contribution >= 4 is 20.8 Å². The van der Waals surface area contributed by atoms with E-state index in [0.717, 1.165) is 22.4 Å². The van der Waals surface area contributed by atoms with Gasteiger partial charge in [0.1, 0.15) is 5.76 Å². The first-order valence-corrected chi connectivity index (χ1v) is 8.71. The molecule has 2 heterocycles. The van der Waals surface area contributed by atoms with Crippen molar-refractivity contribution in [3.63, 3.8) is 0 Å². The standard InChI is InChI=1S/C16H17N3O3S/c1-11-14(12(2)22-19-11)7-9-18-23(20,21)16-5-3-4-13-10-17-8-6-15(13)16/h3-6,8,10,18H,7,9H2,1-2H3. The number of nitrogens with one attached hydrogen (secondary N) is 1. The Morgan fingerprint density at radius 1 is 1.22 bits per heavy atom. The summed E-state index contributed by atoms with van der Waals surface area (Å²) in [5.74, 6) is 0.720. The molecule has 0 radical (unpaired) electrons. The van der Waals surface area contributed by atoms with Gasteiger partial charge in [0, 0.05) is 35.3 Å². The van der Waals surface area contributed by atoms with E-state index in [2.05, 4.69) is 14.9 Å². The van der Waals surface area contributed by atoms with Gasteiger partial charge in [0.25, 0.3) is 0 Å². The van der Waals surface area contributed by atoms with Crippen LogP contribution in [0.5, 0.6) is 0 Å². The van der Waals surface area contributed by atoms with E-state index in [1.54, 1.807) is 30.6 Å². The second-order valence-electron chi connectivity index (χ2n) is 5.30. The van der Waals surface area contributed by atoms with Gasteiger partial charge < -0.3 is 4.52 Å². The fourth-order valence-electron chi connectivity index (χ4n) is 2.57. The number of pyridine rings is 1. The van der Waals surface area contributed by atoms with E-state index in [1.165, 1.54) is 0 Å². The molecule has 0 bridgehead atoms. The van der Waals surface area contributed by atoms with Crippen molar-refractivity contribution < 1.29 is 12.9 Å². The van der Waals surface area contributed by atoms with Crippen LogP contribution < -0.4 is 4.72 Å². The molecule has 0 atom stereocenters. The molecule has 3 rings (SSSR count). The van der Waals surface area contributed by atoms with Crippen molar-refractivity contribution in [2.45, 2.75) is 25.2 Å². The first kappa shape index (κ1) is 15.6. The Labute approximate surface area is 134 Å². The number of aromatic nitrogens is 2. The van der Waals surface area contributed by atoms with Gasteiger partial charge in [0.2, 0.25) is 10.0 Å². The van der Waals surface area contributed by atoms with Crippen LogP contribution >= 0.6 is 0 Å². The van der Waals surface area contributed by atoms with Crippen molar-refractivity contribution in [2.24, 2.45) is 0 Å². The second-order valence-corrected chi connectivity index (χ2v) is 7.04. The number of fused-ring (bicyclic) bond motifs is 1. The fourth-order valence-corrected chi connectivity index (χ4v) is 3.83. The maximum Gasteiger partial charge on any atom is 0.241 e. The molecule has 0 saturated carbocycles. The van der Waals surface area contributed by atoms with Crippen LogP contribution in [-0.4, -0.2) is 25.1 Å². The minimum absolute atomic E-state index is 0.260. The highest BCUT2D eigenvalue weighted by Crippen LogP contribution is 2.22. The average molecular weight is 331 g/mol. The van der Waals surface area contributed by atoms with Gasteiger partial charge in [-0.1, -0.05) is 17.3 Å². The summed E-state index contributed by atoms with van der Waals surface area (Å²) < 4.78 is 32.9. The highest BCUT2D eigenvalue weighted by molar-refractivity contribution is 7.89. The van der Waals surface area contributed by atoms with Crippen molar-refractivity contribution in [3.05, 3.63) is 53.7 Å². The molecular formula is C16H17N3O3S. The Balaban J connectivity index is 1.81. The van der Waals surface area contributed by atoms with E-state index in [0.29, 0.717) is 11.8 Å². The predicted molar refractivity (Wildman–Crippen MR) is 86.6 cm³/mol. The predicted octanol–water partition coefficient (Wildman–Crippen LogP) is 2.36. The smallest absolute Gasteiger partial charge is 0.241 e. The number of rotatable bonds is 5. The summed E-state index contributed by atoms with van der Waals surface area (Å²) in [6.45, 7) is 3.95. The molecule has 0 aliphatic carbocycles. The van der Waals surface area contributed by atoms with E-state index >= 15 is 0 Å². The first-order chi connectivity index (χ1) is 11.0. The normalized spacial score (nSPS) is 11.9. The van der Waals surface area contributed by atoms with Crippen molar-refractivity contribution in [2.75, 3.05) is 6.54 Å². The molecule has 6 nitrogen and oxygen atoms in total. The summed E-state index contributed by atoms with van der Waals surface area (Å²) in [6, 6.07) is 6.86. The third-order valence-corrected chi connectivity index (χ3v) is 5.30. The highest BCUT2D eigenvalue weighted by Gasteiger charge is 2.17. The van der Waals surface area contributed by atoms with Gasteiger partial charge in [-0.3, -0.25) is 4.98 Å². The second kappa shape index (κ2) is 6.10. The molecule has 120 valence electrons. The summed E-state index contributed by atoms with van der Waals surface area (Å²) in [4.78, 5) is 4.28. The minimum atomic E-state index is -3.59. The van der Waals surface area contributed by atoms with Crippen molar-refractivity contribution in [1.29, 1.82) is 0 Å². The van der Waals surface area contributed by atoms with Crippen molar-refractivity contribution in [1.82, 2.24) is 14.9 Å². The summed E-state index contributed by atoms with van der Waals surface area (Å²) >= 11 is 0. The molecule has 0 aliphatic heterocycles. The van der Waals surface area contributed by atoms with Crippen LogP contribution in [0.1, 0.15) is 17.0 Å². The Bertz CT molecular complexity index is 923. The molecule has 0 fully saturated rings. The van der Waals surface area contributed by atoms with E-state index in [4.69, 9.17) is 4.52 Å². The third kappa shape index (κ3) is 3.11. The molecule has 0 amide bonds. The summed E-state index contributed by atoms with van der Waals surface area (Å²) in [5, 5.41) is 5.32. The zero-order chi connectivity index (χ0) is 16.4. The Hall–Kier alpha value is -2.25. The number of benzene rings is 1. The van der Waals surface area contributed by atoms with Gasteiger partial charge in [-0.15, -0.1) is 0 Å².